The number of aromatic hydroxyl groups is 1. The molecule has 0 spiro atoms. The van der Waals surface area contributed by atoms with Crippen molar-refractivity contribution in [3.8, 4) is 17.2 Å². The van der Waals surface area contributed by atoms with Crippen LogP contribution in [-0.4, -0.2) is 20.0 Å². The number of rotatable bonds is 5. The molecule has 8 nitrogen and oxygen atoms in total. The lowest BCUT2D eigenvalue weighted by atomic mass is 10.2. The minimum atomic E-state index is -0.594. The summed E-state index contributed by atoms with van der Waals surface area (Å²) in [4.78, 5) is 19.3. The van der Waals surface area contributed by atoms with Gasteiger partial charge < -0.3 is 15.2 Å². The fourth-order valence-corrected chi connectivity index (χ4v) is 2.96. The van der Waals surface area contributed by atoms with Crippen LogP contribution in [0.3, 0.4) is 0 Å². The minimum Gasteiger partial charge on any atom is -0.508 e. The number of nitro groups is 1. The van der Waals surface area contributed by atoms with Gasteiger partial charge in [0.2, 0.25) is 5.75 Å². The van der Waals surface area contributed by atoms with E-state index in [1.165, 1.54) is 48.8 Å². The molecule has 4 rings (SSSR count). The largest absolute Gasteiger partial charge is 0.508 e. The fourth-order valence-electron chi connectivity index (χ4n) is 2.78. The molecule has 0 amide bonds. The predicted molar refractivity (Wildman–Crippen MR) is 109 cm³/mol. The summed E-state index contributed by atoms with van der Waals surface area (Å²) in [5, 5.41) is 24.4. The second kappa shape index (κ2) is 7.80. The van der Waals surface area contributed by atoms with E-state index in [-0.39, 0.29) is 33.8 Å². The topological polar surface area (TPSA) is 110 Å². The number of ether oxygens (including phenoxy) is 1. The van der Waals surface area contributed by atoms with E-state index in [0.29, 0.717) is 16.6 Å². The molecule has 1 heterocycles. The molecule has 0 bridgehead atoms. The third-order valence-corrected chi connectivity index (χ3v) is 4.43. The molecule has 3 aromatic carbocycles. The molecule has 0 radical (unpaired) electrons. The second-order valence-electron chi connectivity index (χ2n) is 6.17. The van der Waals surface area contributed by atoms with E-state index in [4.69, 9.17) is 16.3 Å². The molecular weight excluding hydrogens is 415 g/mol. The Morgan fingerprint density at radius 3 is 2.70 bits per heavy atom. The second-order valence-corrected chi connectivity index (χ2v) is 6.58. The molecule has 0 aliphatic heterocycles. The van der Waals surface area contributed by atoms with Crippen LogP contribution in [0.1, 0.15) is 0 Å². The van der Waals surface area contributed by atoms with E-state index in [0.717, 1.165) is 0 Å². The van der Waals surface area contributed by atoms with Crippen molar-refractivity contribution in [2.45, 2.75) is 0 Å². The number of aromatic nitrogens is 2. The van der Waals surface area contributed by atoms with Gasteiger partial charge in [-0.15, -0.1) is 0 Å². The SMILES string of the molecule is O=[N+]([O-])c1cc2c(Nc3ccc(F)c(Cl)c3)ncnc2cc1Oc1cccc(O)c1. The summed E-state index contributed by atoms with van der Waals surface area (Å²) in [7, 11) is 0. The summed E-state index contributed by atoms with van der Waals surface area (Å²) in [6.45, 7) is 0. The Morgan fingerprint density at radius 2 is 1.97 bits per heavy atom. The van der Waals surface area contributed by atoms with Gasteiger partial charge in [-0.2, -0.15) is 0 Å². The zero-order valence-corrected chi connectivity index (χ0v) is 15.8. The molecule has 0 aliphatic carbocycles. The van der Waals surface area contributed by atoms with E-state index >= 15 is 0 Å². The number of benzene rings is 3. The van der Waals surface area contributed by atoms with Crippen LogP contribution in [0.5, 0.6) is 17.2 Å². The standard InChI is InChI=1S/C20H12ClFN4O4/c21-15-6-11(4-5-16(15)22)25-20-14-8-18(26(28)29)19(9-17(14)23-10-24-20)30-13-3-1-2-12(27)7-13/h1-10,27H,(H,23,24,25). The van der Waals surface area contributed by atoms with Crippen LogP contribution in [0.2, 0.25) is 5.02 Å². The van der Waals surface area contributed by atoms with Gasteiger partial charge in [0, 0.05) is 23.9 Å². The van der Waals surface area contributed by atoms with Crippen LogP contribution >= 0.6 is 11.6 Å². The average molecular weight is 427 g/mol. The molecule has 2 N–H and O–H groups in total. The van der Waals surface area contributed by atoms with Gasteiger partial charge in [-0.1, -0.05) is 17.7 Å². The van der Waals surface area contributed by atoms with Crippen molar-refractivity contribution in [3.05, 3.63) is 81.9 Å². The smallest absolute Gasteiger partial charge is 0.312 e. The molecule has 0 saturated heterocycles. The van der Waals surface area contributed by atoms with E-state index in [1.54, 1.807) is 12.1 Å². The van der Waals surface area contributed by atoms with Crippen LogP contribution in [0.4, 0.5) is 21.6 Å². The number of nitrogens with zero attached hydrogens (tertiary/aromatic N) is 3. The molecule has 0 fully saturated rings. The number of phenolic OH excluding ortho intramolecular Hbond substituents is 1. The van der Waals surface area contributed by atoms with Crippen LogP contribution in [0, 0.1) is 15.9 Å². The van der Waals surface area contributed by atoms with E-state index in [2.05, 4.69) is 15.3 Å². The van der Waals surface area contributed by atoms with Crippen molar-refractivity contribution < 1.29 is 19.2 Å². The number of phenols is 1. The lowest BCUT2D eigenvalue weighted by Gasteiger charge is -2.11. The number of halogens is 2. The van der Waals surface area contributed by atoms with Gasteiger partial charge in [-0.25, -0.2) is 14.4 Å². The number of fused-ring (bicyclic) bond motifs is 1. The van der Waals surface area contributed by atoms with Crippen molar-refractivity contribution in [2.24, 2.45) is 0 Å². The van der Waals surface area contributed by atoms with Crippen LogP contribution in [0.25, 0.3) is 10.9 Å². The zero-order chi connectivity index (χ0) is 21.3. The summed E-state index contributed by atoms with van der Waals surface area (Å²) >= 11 is 5.80. The Hall–Kier alpha value is -3.98. The quantitative estimate of drug-likeness (QED) is 0.317. The number of nitrogens with one attached hydrogen (secondary N) is 1. The van der Waals surface area contributed by atoms with E-state index in [9.17, 15) is 19.6 Å². The number of nitro benzene ring substituents is 1. The molecule has 0 aliphatic rings. The third-order valence-electron chi connectivity index (χ3n) is 4.14. The fraction of sp³-hybridized carbons (Fsp3) is 0. The van der Waals surface area contributed by atoms with Gasteiger partial charge >= 0.3 is 5.69 Å². The predicted octanol–water partition coefficient (Wildman–Crippen LogP) is 5.57. The van der Waals surface area contributed by atoms with E-state index < -0.39 is 10.7 Å². The van der Waals surface area contributed by atoms with Gasteiger partial charge in [0.1, 0.15) is 29.5 Å². The highest BCUT2D eigenvalue weighted by Gasteiger charge is 2.20. The summed E-state index contributed by atoms with van der Waals surface area (Å²) in [6.07, 6.45) is 1.28. The van der Waals surface area contributed by atoms with Gasteiger partial charge in [0.25, 0.3) is 0 Å². The Morgan fingerprint density at radius 1 is 1.13 bits per heavy atom. The maximum Gasteiger partial charge on any atom is 0.312 e. The number of hydrogen-bond donors (Lipinski definition) is 2. The normalized spacial score (nSPS) is 10.7. The maximum absolute atomic E-state index is 13.4. The number of anilines is 2. The Balaban J connectivity index is 1.78. The number of hydrogen-bond acceptors (Lipinski definition) is 7. The first-order valence-corrected chi connectivity index (χ1v) is 8.90. The highest BCUT2D eigenvalue weighted by Crippen LogP contribution is 2.37. The molecule has 4 aromatic rings. The first kappa shape index (κ1) is 19.3. The van der Waals surface area contributed by atoms with Crippen molar-refractivity contribution in [1.82, 2.24) is 9.97 Å². The lowest BCUT2D eigenvalue weighted by Crippen LogP contribution is -1.99. The van der Waals surface area contributed by atoms with Crippen LogP contribution < -0.4 is 10.1 Å². The summed E-state index contributed by atoms with van der Waals surface area (Å²) in [6, 6.07) is 12.6. The average Bonchev–Trinajstić information content (AvgIpc) is 2.70. The van der Waals surface area contributed by atoms with Crippen molar-refractivity contribution in [1.29, 1.82) is 0 Å². The van der Waals surface area contributed by atoms with Gasteiger partial charge in [-0.05, 0) is 30.3 Å². The van der Waals surface area contributed by atoms with Crippen LogP contribution in [0.15, 0.2) is 60.9 Å². The Labute approximate surface area is 173 Å². The van der Waals surface area contributed by atoms with Crippen molar-refractivity contribution in [3.63, 3.8) is 0 Å². The van der Waals surface area contributed by atoms with E-state index in [1.807, 2.05) is 0 Å². The molecule has 10 heteroatoms. The zero-order valence-electron chi connectivity index (χ0n) is 15.0. The highest BCUT2D eigenvalue weighted by atomic mass is 35.5. The molecule has 150 valence electrons. The van der Waals surface area contributed by atoms with Crippen LogP contribution in [-0.2, 0) is 0 Å². The summed E-state index contributed by atoms with van der Waals surface area (Å²) < 4.78 is 19.0. The first-order valence-electron chi connectivity index (χ1n) is 8.53. The maximum atomic E-state index is 13.4. The monoisotopic (exact) mass is 426 g/mol. The van der Waals surface area contributed by atoms with Gasteiger partial charge in [-0.3, -0.25) is 10.1 Å². The molecule has 30 heavy (non-hydrogen) atoms. The Bertz CT molecular complexity index is 1290. The van der Waals surface area contributed by atoms with Crippen molar-refractivity contribution >= 4 is 39.7 Å². The molecular formula is C20H12ClFN4O4. The first-order chi connectivity index (χ1) is 14.4. The summed E-state index contributed by atoms with van der Waals surface area (Å²) in [5.41, 5.74) is 0.506. The highest BCUT2D eigenvalue weighted by molar-refractivity contribution is 6.31. The minimum absolute atomic E-state index is 0.0392. The molecule has 1 aromatic heterocycles. The third kappa shape index (κ3) is 3.91. The molecule has 0 unspecified atom stereocenters. The van der Waals surface area contributed by atoms with Gasteiger partial charge in [0.15, 0.2) is 0 Å². The van der Waals surface area contributed by atoms with Gasteiger partial charge in [0.05, 0.1) is 20.8 Å². The molecule has 0 atom stereocenters. The summed E-state index contributed by atoms with van der Waals surface area (Å²) in [5.74, 6) is -0.157. The lowest BCUT2D eigenvalue weighted by molar-refractivity contribution is -0.385. The molecule has 0 saturated carbocycles. The Kier molecular flexibility index (Phi) is 5.03. The van der Waals surface area contributed by atoms with Crippen molar-refractivity contribution in [2.75, 3.05) is 5.32 Å².